The highest BCUT2D eigenvalue weighted by molar-refractivity contribution is 6.50. The van der Waals surface area contributed by atoms with Crippen molar-refractivity contribution in [2.75, 3.05) is 13.7 Å². The molecule has 0 aromatic heterocycles. The van der Waals surface area contributed by atoms with Crippen LogP contribution in [0.2, 0.25) is 0 Å². The van der Waals surface area contributed by atoms with E-state index in [2.05, 4.69) is 11.7 Å². The smallest absolute Gasteiger partial charge is 0.418 e. The van der Waals surface area contributed by atoms with E-state index in [-0.39, 0.29) is 0 Å². The Morgan fingerprint density at radius 3 is 1.44 bits per heavy atom. The van der Waals surface area contributed by atoms with Crippen molar-refractivity contribution in [1.82, 2.24) is 0 Å². The highest BCUT2D eigenvalue weighted by Crippen LogP contribution is 2.06. The van der Waals surface area contributed by atoms with Crippen LogP contribution in [0.25, 0.3) is 0 Å². The molecule has 0 saturated carbocycles. The molecule has 0 aromatic rings. The van der Waals surface area contributed by atoms with Gasteiger partial charge in [0.1, 0.15) is 0 Å². The molecule has 57 valence electrons. The van der Waals surface area contributed by atoms with Crippen molar-refractivity contribution in [3.05, 3.63) is 6.92 Å². The van der Waals surface area contributed by atoms with Crippen LogP contribution in [0.3, 0.4) is 0 Å². The van der Waals surface area contributed by atoms with Gasteiger partial charge in [0.25, 0.3) is 0 Å². The van der Waals surface area contributed by atoms with Crippen molar-refractivity contribution in [2.24, 2.45) is 0 Å². The SMILES string of the molecule is F[B-](F)(F)F.[CH2]COC. The van der Waals surface area contributed by atoms with Crippen LogP contribution < -0.4 is 0 Å². The number of hydrogen-bond acceptors (Lipinski definition) is 1. The first kappa shape index (κ1) is 11.5. The minimum atomic E-state index is -6.00. The van der Waals surface area contributed by atoms with Gasteiger partial charge in [-0.25, -0.2) is 0 Å². The Labute approximate surface area is 51.1 Å². The van der Waals surface area contributed by atoms with E-state index >= 15 is 0 Å². The topological polar surface area (TPSA) is 9.23 Å². The molecule has 0 amide bonds. The van der Waals surface area contributed by atoms with E-state index in [1.807, 2.05) is 0 Å². The molecule has 1 nitrogen and oxygen atoms in total. The van der Waals surface area contributed by atoms with Gasteiger partial charge in [-0.2, -0.15) is 0 Å². The number of hydrogen-bond donors (Lipinski definition) is 0. The van der Waals surface area contributed by atoms with Gasteiger partial charge in [-0.3, -0.25) is 0 Å². The van der Waals surface area contributed by atoms with Crippen molar-refractivity contribution >= 4 is 7.25 Å². The monoisotopic (exact) mass is 146 g/mol. The van der Waals surface area contributed by atoms with Crippen LogP contribution in [0.1, 0.15) is 0 Å². The second kappa shape index (κ2) is 5.87. The molecule has 0 atom stereocenters. The van der Waals surface area contributed by atoms with E-state index in [1.165, 1.54) is 0 Å². The molecule has 0 aliphatic carbocycles. The van der Waals surface area contributed by atoms with E-state index in [4.69, 9.17) is 0 Å². The maximum atomic E-state index is 9.75. The highest BCUT2D eigenvalue weighted by Gasteiger charge is 2.20. The number of halogens is 4. The van der Waals surface area contributed by atoms with Crippen LogP contribution in [-0.4, -0.2) is 21.0 Å². The second-order valence-electron chi connectivity index (χ2n) is 0.988. The van der Waals surface area contributed by atoms with Crippen LogP contribution >= 0.6 is 0 Å². The third kappa shape index (κ3) is 461. The van der Waals surface area contributed by atoms with Gasteiger partial charge in [0.15, 0.2) is 0 Å². The molecule has 0 N–H and O–H groups in total. The van der Waals surface area contributed by atoms with Crippen molar-refractivity contribution < 1.29 is 22.0 Å². The van der Waals surface area contributed by atoms with Crippen LogP contribution in [0, 0.1) is 6.92 Å². The quantitative estimate of drug-likeness (QED) is 0.404. The number of ether oxygens (including phenoxy) is 1. The normalized spacial score (nSPS) is 10.0. The first-order valence-electron chi connectivity index (χ1n) is 2.07. The molecule has 0 fully saturated rings. The molecule has 0 aromatic carbocycles. The predicted octanol–water partition coefficient (Wildman–Crippen LogP) is 1.77. The fourth-order valence-electron chi connectivity index (χ4n) is 0. The summed E-state index contributed by atoms with van der Waals surface area (Å²) >= 11 is 0. The summed E-state index contributed by atoms with van der Waals surface area (Å²) in [4.78, 5) is 0. The molecule has 6 heteroatoms. The first-order valence-corrected chi connectivity index (χ1v) is 2.07. The lowest BCUT2D eigenvalue weighted by Gasteiger charge is -1.94. The van der Waals surface area contributed by atoms with Gasteiger partial charge < -0.3 is 22.0 Å². The maximum Gasteiger partial charge on any atom is 0.673 e. The first-order chi connectivity index (χ1) is 3.91. The number of methoxy groups -OCH3 is 1. The van der Waals surface area contributed by atoms with Crippen LogP contribution in [0.15, 0.2) is 0 Å². The summed E-state index contributed by atoms with van der Waals surface area (Å²) in [6, 6.07) is 0. The molecular formula is C3H7BF4O-. The molecular weight excluding hydrogens is 139 g/mol. The van der Waals surface area contributed by atoms with Crippen molar-refractivity contribution in [2.45, 2.75) is 0 Å². The Kier molecular flexibility index (Phi) is 7.53. The minimum Gasteiger partial charge on any atom is -0.418 e. The second-order valence-corrected chi connectivity index (χ2v) is 0.988. The zero-order valence-corrected chi connectivity index (χ0v) is 4.91. The maximum absolute atomic E-state index is 9.75. The van der Waals surface area contributed by atoms with Gasteiger partial charge in [-0.05, 0) is 6.92 Å². The van der Waals surface area contributed by atoms with Gasteiger partial charge in [0.2, 0.25) is 0 Å². The molecule has 1 radical (unpaired) electrons. The molecule has 9 heavy (non-hydrogen) atoms. The Hall–Kier alpha value is -0.255. The zero-order valence-electron chi connectivity index (χ0n) is 4.91. The lowest BCUT2D eigenvalue weighted by molar-refractivity contribution is 0.232. The summed E-state index contributed by atoms with van der Waals surface area (Å²) in [6.45, 7) is 3.95. The van der Waals surface area contributed by atoms with E-state index in [9.17, 15) is 17.3 Å². The molecule has 0 aliphatic rings. The van der Waals surface area contributed by atoms with Gasteiger partial charge in [0.05, 0.1) is 0 Å². The van der Waals surface area contributed by atoms with Crippen molar-refractivity contribution in [1.29, 1.82) is 0 Å². The Bertz CT molecular complexity index is 46.3. The fraction of sp³-hybridized carbons (Fsp3) is 0.667. The van der Waals surface area contributed by atoms with Crippen molar-refractivity contribution in [3.8, 4) is 0 Å². The van der Waals surface area contributed by atoms with E-state index < -0.39 is 7.25 Å². The summed E-state index contributed by atoms with van der Waals surface area (Å²) in [5.41, 5.74) is 0. The van der Waals surface area contributed by atoms with E-state index in [1.54, 1.807) is 7.11 Å². The lowest BCUT2D eigenvalue weighted by atomic mass is 10.3. The fourth-order valence-corrected chi connectivity index (χ4v) is 0. The number of rotatable bonds is 1. The molecule has 0 rings (SSSR count). The Morgan fingerprint density at radius 1 is 1.33 bits per heavy atom. The van der Waals surface area contributed by atoms with E-state index in [0.29, 0.717) is 6.61 Å². The Balaban J connectivity index is 0. The van der Waals surface area contributed by atoms with E-state index in [0.717, 1.165) is 0 Å². The average Bonchev–Trinajstić information content (AvgIpc) is 1.61. The summed E-state index contributed by atoms with van der Waals surface area (Å²) in [5.74, 6) is 0. The summed E-state index contributed by atoms with van der Waals surface area (Å²) in [5, 5.41) is 0. The summed E-state index contributed by atoms with van der Waals surface area (Å²) in [7, 11) is -4.38. The van der Waals surface area contributed by atoms with Gasteiger partial charge in [-0.1, -0.05) is 0 Å². The molecule has 0 heterocycles. The average molecular weight is 146 g/mol. The molecule has 0 bridgehead atoms. The van der Waals surface area contributed by atoms with Crippen LogP contribution in [0.4, 0.5) is 17.3 Å². The third-order valence-electron chi connectivity index (χ3n) is 0.204. The molecule has 0 spiro atoms. The summed E-state index contributed by atoms with van der Waals surface area (Å²) < 4.78 is 43.4. The molecule has 0 aliphatic heterocycles. The highest BCUT2D eigenvalue weighted by atomic mass is 19.5. The largest absolute Gasteiger partial charge is 0.673 e. The van der Waals surface area contributed by atoms with Crippen LogP contribution in [0.5, 0.6) is 0 Å². The lowest BCUT2D eigenvalue weighted by Crippen LogP contribution is -2.02. The standard InChI is InChI=1S/C3H7O.BF4/c1-3-4-2;2-1(3,4)5/h1,3H2,2H3;/q;-1. The molecule has 0 unspecified atom stereocenters. The summed E-state index contributed by atoms with van der Waals surface area (Å²) in [6.07, 6.45) is 0. The van der Waals surface area contributed by atoms with Gasteiger partial charge >= 0.3 is 7.25 Å². The Morgan fingerprint density at radius 2 is 1.44 bits per heavy atom. The third-order valence-corrected chi connectivity index (χ3v) is 0.204. The van der Waals surface area contributed by atoms with Crippen molar-refractivity contribution in [3.63, 3.8) is 0 Å². The van der Waals surface area contributed by atoms with Gasteiger partial charge in [-0.15, -0.1) is 0 Å². The molecule has 0 saturated heterocycles. The zero-order chi connectivity index (χ0) is 7.91. The van der Waals surface area contributed by atoms with Gasteiger partial charge in [0, 0.05) is 13.7 Å². The van der Waals surface area contributed by atoms with Crippen LogP contribution in [-0.2, 0) is 4.74 Å². The predicted molar refractivity (Wildman–Crippen MR) is 27.4 cm³/mol. The minimum absolute atomic E-state index is 0.569.